The molecule has 5 rings (SSSR count). The van der Waals surface area contributed by atoms with E-state index in [0.29, 0.717) is 11.4 Å². The van der Waals surface area contributed by atoms with Gasteiger partial charge in [-0.25, -0.2) is 4.98 Å². The van der Waals surface area contributed by atoms with Gasteiger partial charge < -0.3 is 10.7 Å². The number of fused-ring (bicyclic) bond motifs is 1. The van der Waals surface area contributed by atoms with Crippen molar-refractivity contribution in [3.05, 3.63) is 71.9 Å². The van der Waals surface area contributed by atoms with Crippen molar-refractivity contribution in [1.82, 2.24) is 23.7 Å². The zero-order valence-corrected chi connectivity index (χ0v) is 16.8. The topological polar surface area (TPSA) is 110 Å². The summed E-state index contributed by atoms with van der Waals surface area (Å²) in [4.78, 5) is 24.3. The van der Waals surface area contributed by atoms with Crippen LogP contribution >= 0.6 is 11.7 Å². The van der Waals surface area contributed by atoms with Crippen LogP contribution in [-0.2, 0) is 0 Å². The SMILES string of the molecule is Cc1cccc(-c2[nH]c(-c3ccc(C(N)=O)cc3)nc2-c2ccc3nsnc3c2)n1. The third-order valence-corrected chi connectivity index (χ3v) is 5.38. The maximum atomic E-state index is 11.4. The number of carbonyl (C=O) groups is 1. The first kappa shape index (κ1) is 18.1. The lowest BCUT2D eigenvalue weighted by atomic mass is 10.1. The highest BCUT2D eigenvalue weighted by Gasteiger charge is 2.17. The number of imidazole rings is 1. The zero-order chi connectivity index (χ0) is 20.7. The molecule has 0 saturated heterocycles. The van der Waals surface area contributed by atoms with Crippen molar-refractivity contribution in [2.45, 2.75) is 6.92 Å². The monoisotopic (exact) mass is 412 g/mol. The van der Waals surface area contributed by atoms with Crippen LogP contribution in [0.25, 0.3) is 45.1 Å². The minimum Gasteiger partial charge on any atom is -0.366 e. The molecule has 0 fully saturated rings. The fourth-order valence-electron chi connectivity index (χ4n) is 3.31. The predicted molar refractivity (Wildman–Crippen MR) is 117 cm³/mol. The molecule has 3 heterocycles. The summed E-state index contributed by atoms with van der Waals surface area (Å²) in [5.41, 5.74) is 12.6. The molecule has 0 aliphatic heterocycles. The van der Waals surface area contributed by atoms with Gasteiger partial charge in [0.15, 0.2) is 0 Å². The van der Waals surface area contributed by atoms with Crippen LogP contribution in [0.15, 0.2) is 60.7 Å². The van der Waals surface area contributed by atoms with Gasteiger partial charge in [-0.05, 0) is 43.3 Å². The van der Waals surface area contributed by atoms with E-state index in [0.717, 1.165) is 44.9 Å². The number of aromatic nitrogens is 5. The summed E-state index contributed by atoms with van der Waals surface area (Å²) in [5.74, 6) is 0.215. The summed E-state index contributed by atoms with van der Waals surface area (Å²) in [6, 6.07) is 18.8. The van der Waals surface area contributed by atoms with Gasteiger partial charge in [-0.1, -0.05) is 24.3 Å². The lowest BCUT2D eigenvalue weighted by molar-refractivity contribution is 0.100. The molecule has 7 nitrogen and oxygen atoms in total. The molecule has 0 spiro atoms. The number of aromatic amines is 1. The molecule has 3 aromatic heterocycles. The summed E-state index contributed by atoms with van der Waals surface area (Å²) in [7, 11) is 0. The van der Waals surface area contributed by atoms with Gasteiger partial charge in [0, 0.05) is 22.4 Å². The van der Waals surface area contributed by atoms with Crippen molar-refractivity contribution >= 4 is 28.7 Å². The number of aryl methyl sites for hydroxylation is 1. The molecule has 5 aromatic rings. The van der Waals surface area contributed by atoms with Crippen LogP contribution in [0, 0.1) is 6.92 Å². The van der Waals surface area contributed by atoms with E-state index in [-0.39, 0.29) is 0 Å². The van der Waals surface area contributed by atoms with Gasteiger partial charge in [0.2, 0.25) is 5.91 Å². The first-order valence-corrected chi connectivity index (χ1v) is 9.98. The molecule has 2 aromatic carbocycles. The highest BCUT2D eigenvalue weighted by molar-refractivity contribution is 7.00. The lowest BCUT2D eigenvalue weighted by Crippen LogP contribution is -2.10. The predicted octanol–water partition coefficient (Wildman–Crippen LogP) is 4.22. The Labute approximate surface area is 176 Å². The van der Waals surface area contributed by atoms with Gasteiger partial charge in [-0.15, -0.1) is 0 Å². The van der Waals surface area contributed by atoms with E-state index < -0.39 is 5.91 Å². The molecule has 30 heavy (non-hydrogen) atoms. The maximum Gasteiger partial charge on any atom is 0.248 e. The van der Waals surface area contributed by atoms with Crippen molar-refractivity contribution in [2.75, 3.05) is 0 Å². The number of benzene rings is 2. The van der Waals surface area contributed by atoms with Gasteiger partial charge >= 0.3 is 0 Å². The summed E-state index contributed by atoms with van der Waals surface area (Å²) in [6.07, 6.45) is 0. The van der Waals surface area contributed by atoms with Crippen molar-refractivity contribution in [3.8, 4) is 34.0 Å². The number of hydrogen-bond donors (Lipinski definition) is 2. The van der Waals surface area contributed by atoms with E-state index in [2.05, 4.69) is 18.7 Å². The molecular weight excluding hydrogens is 396 g/mol. The Morgan fingerprint density at radius 1 is 0.933 bits per heavy atom. The van der Waals surface area contributed by atoms with Gasteiger partial charge in [0.1, 0.15) is 16.9 Å². The van der Waals surface area contributed by atoms with Gasteiger partial charge in [0.05, 0.1) is 28.8 Å². The van der Waals surface area contributed by atoms with Crippen LogP contribution in [-0.4, -0.2) is 29.6 Å². The Morgan fingerprint density at radius 3 is 2.47 bits per heavy atom. The maximum absolute atomic E-state index is 11.4. The number of hydrogen-bond acceptors (Lipinski definition) is 6. The summed E-state index contributed by atoms with van der Waals surface area (Å²) in [6.45, 7) is 1.95. The molecule has 1 amide bonds. The molecule has 0 bridgehead atoms. The second-order valence-electron chi connectivity index (χ2n) is 6.88. The Morgan fingerprint density at radius 2 is 1.70 bits per heavy atom. The Balaban J connectivity index is 1.68. The quantitative estimate of drug-likeness (QED) is 0.459. The van der Waals surface area contributed by atoms with Gasteiger partial charge in [-0.3, -0.25) is 9.78 Å². The summed E-state index contributed by atoms with van der Waals surface area (Å²) in [5, 5.41) is 0. The van der Waals surface area contributed by atoms with E-state index in [1.807, 2.05) is 55.5 Å². The fourth-order valence-corrected chi connectivity index (χ4v) is 3.83. The van der Waals surface area contributed by atoms with Crippen LogP contribution in [0.2, 0.25) is 0 Å². The molecular formula is C22H16N6OS. The van der Waals surface area contributed by atoms with Gasteiger partial charge in [-0.2, -0.15) is 8.75 Å². The molecule has 146 valence electrons. The number of rotatable bonds is 4. The van der Waals surface area contributed by atoms with Crippen molar-refractivity contribution < 1.29 is 4.79 Å². The number of carbonyl (C=O) groups excluding carboxylic acids is 1. The lowest BCUT2D eigenvalue weighted by Gasteiger charge is -2.03. The first-order chi connectivity index (χ1) is 14.6. The number of primary amides is 1. The zero-order valence-electron chi connectivity index (χ0n) is 16.0. The van der Waals surface area contributed by atoms with Crippen molar-refractivity contribution in [2.24, 2.45) is 5.73 Å². The number of amides is 1. The van der Waals surface area contributed by atoms with E-state index in [4.69, 9.17) is 10.7 Å². The smallest absolute Gasteiger partial charge is 0.248 e. The molecule has 0 saturated carbocycles. The van der Waals surface area contributed by atoms with E-state index in [1.54, 1.807) is 12.1 Å². The number of nitrogens with two attached hydrogens (primary N) is 1. The number of pyridine rings is 1. The Bertz CT molecular complexity index is 1390. The van der Waals surface area contributed by atoms with Gasteiger partial charge in [0.25, 0.3) is 0 Å². The average molecular weight is 412 g/mol. The van der Waals surface area contributed by atoms with Crippen molar-refractivity contribution in [1.29, 1.82) is 0 Å². The van der Waals surface area contributed by atoms with E-state index in [9.17, 15) is 4.79 Å². The number of nitrogens with one attached hydrogen (secondary N) is 1. The second kappa shape index (κ2) is 7.16. The summed E-state index contributed by atoms with van der Waals surface area (Å²) >= 11 is 1.19. The standard InChI is InChI=1S/C22H16N6OS/c1-12-3-2-4-17(24-12)20-19(15-9-10-16-18(11-15)28-30-27-16)25-22(26-20)14-7-5-13(6-8-14)21(23)29/h2-11H,1H3,(H2,23,29)(H,25,26). The highest BCUT2D eigenvalue weighted by atomic mass is 32.1. The molecule has 0 unspecified atom stereocenters. The Hall–Kier alpha value is -3.91. The molecule has 0 radical (unpaired) electrons. The van der Waals surface area contributed by atoms with Crippen LogP contribution < -0.4 is 5.73 Å². The second-order valence-corrected chi connectivity index (χ2v) is 7.41. The fraction of sp³-hybridized carbons (Fsp3) is 0.0455. The first-order valence-electron chi connectivity index (χ1n) is 9.25. The molecule has 0 aliphatic carbocycles. The third kappa shape index (κ3) is 3.23. The number of nitrogens with zero attached hydrogens (tertiary/aromatic N) is 4. The van der Waals surface area contributed by atoms with Crippen LogP contribution in [0.5, 0.6) is 0 Å². The minimum atomic E-state index is -0.462. The number of H-pyrrole nitrogens is 1. The largest absolute Gasteiger partial charge is 0.366 e. The highest BCUT2D eigenvalue weighted by Crippen LogP contribution is 2.33. The Kier molecular flexibility index (Phi) is 4.33. The van der Waals surface area contributed by atoms with Crippen LogP contribution in [0.3, 0.4) is 0 Å². The molecule has 3 N–H and O–H groups in total. The molecule has 0 atom stereocenters. The average Bonchev–Trinajstić information content (AvgIpc) is 3.40. The third-order valence-electron chi connectivity index (χ3n) is 4.82. The van der Waals surface area contributed by atoms with Crippen LogP contribution in [0.1, 0.15) is 16.1 Å². The molecule has 0 aliphatic rings. The summed E-state index contributed by atoms with van der Waals surface area (Å²) < 4.78 is 8.62. The molecule has 8 heteroatoms. The minimum absolute atomic E-state index is 0.451. The van der Waals surface area contributed by atoms with Crippen molar-refractivity contribution in [3.63, 3.8) is 0 Å². The van der Waals surface area contributed by atoms with E-state index >= 15 is 0 Å². The normalized spacial score (nSPS) is 11.1. The van der Waals surface area contributed by atoms with E-state index in [1.165, 1.54) is 11.7 Å². The van der Waals surface area contributed by atoms with Crippen LogP contribution in [0.4, 0.5) is 0 Å².